The first-order chi connectivity index (χ1) is 21.6. The van der Waals surface area contributed by atoms with E-state index in [2.05, 4.69) is 39.5 Å². The maximum Gasteiger partial charge on any atom is 0.168 e. The van der Waals surface area contributed by atoms with Gasteiger partial charge in [0.15, 0.2) is 29.0 Å². The lowest BCUT2D eigenvalue weighted by atomic mass is 9.91. The summed E-state index contributed by atoms with van der Waals surface area (Å²) in [6.45, 7) is 4.64. The molecule has 3 N–H and O–H groups in total. The number of aliphatic hydroxyl groups is 2. The number of benzene rings is 2. The first-order valence-electron chi connectivity index (χ1n) is 15.5. The molecule has 234 valence electrons. The topological polar surface area (TPSA) is 127 Å². The van der Waals surface area contributed by atoms with Gasteiger partial charge in [-0.2, -0.15) is 0 Å². The fourth-order valence-corrected chi connectivity index (χ4v) is 6.13. The third-order valence-corrected chi connectivity index (χ3v) is 8.52. The fraction of sp³-hybridized carbons (Fsp3) is 0.485. The Morgan fingerprint density at radius 2 is 1.66 bits per heavy atom. The first kappa shape index (κ1) is 30.6. The summed E-state index contributed by atoms with van der Waals surface area (Å²) in [5.41, 5.74) is 3.40. The van der Waals surface area contributed by atoms with Crippen LogP contribution in [0.15, 0.2) is 67.0 Å². The standard InChI is InChI=1S/C33H42N6O5/c1-42-20-26-29(40)30(41)33(44-26)39-22-35-28-31(34-19-25(23-11-5-2-6-12-23)24-13-7-3-8-14-24)36-27(37-32(28)39)21-43-18-17-38-15-9-4-10-16-38/h2-3,5-8,11-14,22,25-26,29-30,33,40-41H,4,9-10,15-21H2,1H3,(H,34,36,37). The van der Waals surface area contributed by atoms with Gasteiger partial charge < -0.3 is 34.6 Å². The third kappa shape index (κ3) is 6.93. The van der Waals surface area contributed by atoms with Crippen LogP contribution < -0.4 is 5.32 Å². The number of anilines is 1. The van der Waals surface area contributed by atoms with E-state index in [0.29, 0.717) is 36.0 Å². The number of rotatable bonds is 13. The van der Waals surface area contributed by atoms with Gasteiger partial charge in [-0.25, -0.2) is 15.0 Å². The summed E-state index contributed by atoms with van der Waals surface area (Å²) in [6.07, 6.45) is 1.51. The highest BCUT2D eigenvalue weighted by molar-refractivity contribution is 5.83. The zero-order valence-corrected chi connectivity index (χ0v) is 25.2. The maximum absolute atomic E-state index is 10.9. The van der Waals surface area contributed by atoms with Gasteiger partial charge in [0.1, 0.15) is 24.9 Å². The lowest BCUT2D eigenvalue weighted by Gasteiger charge is -2.26. The highest BCUT2D eigenvalue weighted by Gasteiger charge is 2.44. The molecule has 6 rings (SSSR count). The van der Waals surface area contributed by atoms with Crippen LogP contribution in [0.4, 0.5) is 5.82 Å². The molecule has 2 aliphatic rings. The lowest BCUT2D eigenvalue weighted by molar-refractivity contribution is -0.0580. The molecule has 2 aromatic heterocycles. The van der Waals surface area contributed by atoms with Crippen LogP contribution in [0.3, 0.4) is 0 Å². The number of hydrogen-bond acceptors (Lipinski definition) is 10. The molecule has 11 nitrogen and oxygen atoms in total. The highest BCUT2D eigenvalue weighted by Crippen LogP contribution is 2.33. The van der Waals surface area contributed by atoms with Crippen molar-refractivity contribution in [2.24, 2.45) is 0 Å². The van der Waals surface area contributed by atoms with Gasteiger partial charge in [-0.1, -0.05) is 67.1 Å². The lowest BCUT2D eigenvalue weighted by Crippen LogP contribution is -2.33. The predicted molar refractivity (Wildman–Crippen MR) is 166 cm³/mol. The van der Waals surface area contributed by atoms with Crippen molar-refractivity contribution in [1.29, 1.82) is 0 Å². The first-order valence-corrected chi connectivity index (χ1v) is 15.5. The summed E-state index contributed by atoms with van der Waals surface area (Å²) in [4.78, 5) is 16.7. The van der Waals surface area contributed by atoms with Crippen LogP contribution in [0.1, 0.15) is 48.4 Å². The number of aliphatic hydroxyl groups excluding tert-OH is 2. The largest absolute Gasteiger partial charge is 0.387 e. The van der Waals surface area contributed by atoms with Crippen LogP contribution in [-0.2, 0) is 20.8 Å². The fourth-order valence-electron chi connectivity index (χ4n) is 6.13. The maximum atomic E-state index is 10.9. The molecule has 0 bridgehead atoms. The van der Waals surface area contributed by atoms with E-state index in [0.717, 1.165) is 19.6 Å². The Morgan fingerprint density at radius 1 is 0.955 bits per heavy atom. The van der Waals surface area contributed by atoms with E-state index in [1.165, 1.54) is 37.5 Å². The minimum Gasteiger partial charge on any atom is -0.387 e. The Kier molecular flexibility index (Phi) is 10.1. The molecular formula is C33H42N6O5. The molecule has 0 saturated carbocycles. The number of imidazole rings is 1. The van der Waals surface area contributed by atoms with Crippen molar-refractivity contribution < 1.29 is 24.4 Å². The molecule has 4 heterocycles. The molecule has 0 radical (unpaired) electrons. The van der Waals surface area contributed by atoms with Crippen molar-refractivity contribution in [3.05, 3.63) is 83.9 Å². The number of fused-ring (bicyclic) bond motifs is 1. The van der Waals surface area contributed by atoms with E-state index >= 15 is 0 Å². The molecule has 4 unspecified atom stereocenters. The molecule has 4 atom stereocenters. The number of ether oxygens (including phenoxy) is 3. The van der Waals surface area contributed by atoms with Crippen molar-refractivity contribution in [1.82, 2.24) is 24.4 Å². The van der Waals surface area contributed by atoms with Crippen LogP contribution in [-0.4, -0.2) is 99.4 Å². The van der Waals surface area contributed by atoms with Crippen LogP contribution in [0.5, 0.6) is 0 Å². The van der Waals surface area contributed by atoms with Crippen LogP contribution in [0, 0.1) is 0 Å². The van der Waals surface area contributed by atoms with E-state index in [-0.39, 0.29) is 19.1 Å². The van der Waals surface area contributed by atoms with Crippen LogP contribution in [0.25, 0.3) is 11.2 Å². The highest BCUT2D eigenvalue weighted by atomic mass is 16.6. The average Bonchev–Trinajstić information content (AvgIpc) is 3.61. The number of piperidine rings is 1. The number of nitrogens with one attached hydrogen (secondary N) is 1. The summed E-state index contributed by atoms with van der Waals surface area (Å²) in [7, 11) is 1.53. The molecular weight excluding hydrogens is 560 g/mol. The van der Waals surface area contributed by atoms with Crippen molar-refractivity contribution in [2.75, 3.05) is 51.8 Å². The average molecular weight is 603 g/mol. The Hall–Kier alpha value is -3.45. The number of methoxy groups -OCH3 is 1. The van der Waals surface area contributed by atoms with Gasteiger partial charge in [0.2, 0.25) is 0 Å². The molecule has 2 aromatic carbocycles. The van der Waals surface area contributed by atoms with E-state index < -0.39 is 24.5 Å². The van der Waals surface area contributed by atoms with Gasteiger partial charge in [0.05, 0.1) is 19.5 Å². The molecule has 0 amide bonds. The van der Waals surface area contributed by atoms with Gasteiger partial charge in [-0.05, 0) is 37.1 Å². The van der Waals surface area contributed by atoms with Crippen molar-refractivity contribution in [2.45, 2.75) is 56.3 Å². The van der Waals surface area contributed by atoms with E-state index in [1.807, 2.05) is 36.4 Å². The van der Waals surface area contributed by atoms with Gasteiger partial charge in [-0.15, -0.1) is 0 Å². The second-order valence-corrected chi connectivity index (χ2v) is 11.5. The monoisotopic (exact) mass is 602 g/mol. The zero-order valence-electron chi connectivity index (χ0n) is 25.2. The summed E-state index contributed by atoms with van der Waals surface area (Å²) in [6, 6.07) is 20.8. The van der Waals surface area contributed by atoms with E-state index in [9.17, 15) is 10.2 Å². The number of likely N-dealkylation sites (tertiary alicyclic amines) is 1. The smallest absolute Gasteiger partial charge is 0.168 e. The SMILES string of the molecule is COCC1OC(n2cnc3c(NCC(c4ccccc4)c4ccccc4)nc(COCCN4CCCCC4)nc32)C(O)C1O. The molecule has 0 aliphatic carbocycles. The molecule has 4 aromatic rings. The summed E-state index contributed by atoms with van der Waals surface area (Å²) >= 11 is 0. The van der Waals surface area contributed by atoms with Crippen molar-refractivity contribution in [3.8, 4) is 0 Å². The van der Waals surface area contributed by atoms with Crippen LogP contribution in [0.2, 0.25) is 0 Å². The predicted octanol–water partition coefficient (Wildman–Crippen LogP) is 3.34. The van der Waals surface area contributed by atoms with Crippen LogP contribution >= 0.6 is 0 Å². The Labute approximate surface area is 257 Å². The second kappa shape index (κ2) is 14.6. The normalized spacial score (nSPS) is 22.6. The van der Waals surface area contributed by atoms with Gasteiger partial charge >= 0.3 is 0 Å². The van der Waals surface area contributed by atoms with Crippen molar-refractivity contribution in [3.63, 3.8) is 0 Å². The quantitative estimate of drug-likeness (QED) is 0.196. The molecule has 11 heteroatoms. The molecule has 2 aliphatic heterocycles. The summed E-state index contributed by atoms with van der Waals surface area (Å²) in [5.74, 6) is 1.14. The van der Waals surface area contributed by atoms with Gasteiger partial charge in [0.25, 0.3) is 0 Å². The van der Waals surface area contributed by atoms with E-state index in [4.69, 9.17) is 24.2 Å². The number of aromatic nitrogens is 4. The second-order valence-electron chi connectivity index (χ2n) is 11.5. The Bertz CT molecular complexity index is 1430. The Balaban J connectivity index is 1.27. The van der Waals surface area contributed by atoms with E-state index in [1.54, 1.807) is 10.9 Å². The molecule has 2 fully saturated rings. The minimum absolute atomic E-state index is 0.0682. The molecule has 0 spiro atoms. The summed E-state index contributed by atoms with van der Waals surface area (Å²) < 4.78 is 18.9. The number of nitrogens with zero attached hydrogens (tertiary/aromatic N) is 5. The van der Waals surface area contributed by atoms with Crippen molar-refractivity contribution >= 4 is 17.0 Å². The zero-order chi connectivity index (χ0) is 30.3. The number of hydrogen-bond donors (Lipinski definition) is 3. The molecule has 2 saturated heterocycles. The summed E-state index contributed by atoms with van der Waals surface area (Å²) in [5, 5.41) is 25.0. The Morgan fingerprint density at radius 3 is 2.34 bits per heavy atom. The molecule has 44 heavy (non-hydrogen) atoms. The third-order valence-electron chi connectivity index (χ3n) is 8.52. The minimum atomic E-state index is -1.18. The van der Waals surface area contributed by atoms with Gasteiger partial charge in [-0.3, -0.25) is 4.57 Å². The van der Waals surface area contributed by atoms with Gasteiger partial charge in [0, 0.05) is 26.1 Å².